The highest BCUT2D eigenvalue weighted by Crippen LogP contribution is 2.24. The molecule has 0 atom stereocenters. The van der Waals surface area contributed by atoms with Crippen LogP contribution in [0.25, 0.3) is 0 Å². The highest BCUT2D eigenvalue weighted by molar-refractivity contribution is 7.79. The number of thiol groups is 1. The first-order valence-corrected chi connectivity index (χ1v) is 4.60. The van der Waals surface area contributed by atoms with Crippen molar-refractivity contribution >= 4 is 12.6 Å². The van der Waals surface area contributed by atoms with Gasteiger partial charge in [0.25, 0.3) is 0 Å². The van der Waals surface area contributed by atoms with Crippen molar-refractivity contribution in [3.05, 3.63) is 35.4 Å². The fourth-order valence-corrected chi connectivity index (χ4v) is 1.53. The lowest BCUT2D eigenvalue weighted by molar-refractivity contribution is 0.0779. The molecule has 0 amide bonds. The first-order chi connectivity index (χ1) is 5.55. The Morgan fingerprint density at radius 1 is 1.33 bits per heavy atom. The Bertz CT molecular complexity index is 263. The van der Waals surface area contributed by atoms with Gasteiger partial charge < -0.3 is 5.11 Å². The van der Waals surface area contributed by atoms with Crippen LogP contribution in [0.3, 0.4) is 0 Å². The van der Waals surface area contributed by atoms with Crippen LogP contribution < -0.4 is 0 Å². The summed E-state index contributed by atoms with van der Waals surface area (Å²) in [6, 6.07) is 7.81. The first-order valence-electron chi connectivity index (χ1n) is 3.97. The van der Waals surface area contributed by atoms with Gasteiger partial charge in [-0.2, -0.15) is 12.6 Å². The molecule has 1 aromatic rings. The van der Waals surface area contributed by atoms with E-state index >= 15 is 0 Å². The van der Waals surface area contributed by atoms with Crippen LogP contribution in [0.5, 0.6) is 0 Å². The van der Waals surface area contributed by atoms with Crippen LogP contribution in [0, 0.1) is 0 Å². The average Bonchev–Trinajstić information content (AvgIpc) is 2.03. The van der Waals surface area contributed by atoms with E-state index in [0.29, 0.717) is 5.75 Å². The van der Waals surface area contributed by atoms with Gasteiger partial charge in [0, 0.05) is 5.75 Å². The molecule has 1 aromatic carbocycles. The van der Waals surface area contributed by atoms with E-state index in [1.54, 1.807) is 13.8 Å². The summed E-state index contributed by atoms with van der Waals surface area (Å²) in [5.74, 6) is 0.667. The number of aliphatic hydroxyl groups is 1. The van der Waals surface area contributed by atoms with Gasteiger partial charge in [-0.25, -0.2) is 0 Å². The number of rotatable bonds is 2. The van der Waals surface area contributed by atoms with Gasteiger partial charge >= 0.3 is 0 Å². The molecule has 0 saturated heterocycles. The molecule has 0 unspecified atom stereocenters. The summed E-state index contributed by atoms with van der Waals surface area (Å²) in [4.78, 5) is 0. The molecule has 0 spiro atoms. The zero-order chi connectivity index (χ0) is 9.19. The maximum atomic E-state index is 9.77. The van der Waals surface area contributed by atoms with Crippen molar-refractivity contribution in [3.63, 3.8) is 0 Å². The Morgan fingerprint density at radius 2 is 1.92 bits per heavy atom. The van der Waals surface area contributed by atoms with Crippen LogP contribution in [-0.4, -0.2) is 5.11 Å². The summed E-state index contributed by atoms with van der Waals surface area (Å²) in [5, 5.41) is 9.77. The first kappa shape index (κ1) is 9.62. The average molecular weight is 182 g/mol. The van der Waals surface area contributed by atoms with Crippen molar-refractivity contribution in [2.45, 2.75) is 25.2 Å². The Balaban J connectivity index is 3.14. The zero-order valence-corrected chi connectivity index (χ0v) is 8.31. The van der Waals surface area contributed by atoms with Crippen molar-refractivity contribution < 1.29 is 5.11 Å². The Hall–Kier alpha value is -0.470. The third kappa shape index (κ3) is 2.02. The van der Waals surface area contributed by atoms with Crippen LogP contribution in [0.1, 0.15) is 25.0 Å². The Labute approximate surface area is 78.8 Å². The largest absolute Gasteiger partial charge is 0.386 e. The molecule has 1 N–H and O–H groups in total. The fourth-order valence-electron chi connectivity index (χ4n) is 1.26. The van der Waals surface area contributed by atoms with E-state index in [4.69, 9.17) is 0 Å². The molecule has 2 heteroatoms. The van der Waals surface area contributed by atoms with Gasteiger partial charge in [0.1, 0.15) is 0 Å². The third-order valence-electron chi connectivity index (χ3n) is 1.85. The van der Waals surface area contributed by atoms with Gasteiger partial charge in [0.2, 0.25) is 0 Å². The predicted octanol–water partition coefficient (Wildman–Crippen LogP) is 2.34. The predicted molar refractivity (Wildman–Crippen MR) is 54.4 cm³/mol. The van der Waals surface area contributed by atoms with Gasteiger partial charge in [0.15, 0.2) is 0 Å². The fraction of sp³-hybridized carbons (Fsp3) is 0.400. The smallest absolute Gasteiger partial charge is 0.0843 e. The van der Waals surface area contributed by atoms with Gasteiger partial charge in [0.05, 0.1) is 5.60 Å². The normalized spacial score (nSPS) is 11.7. The van der Waals surface area contributed by atoms with Crippen molar-refractivity contribution in [2.75, 3.05) is 0 Å². The molecule has 0 fully saturated rings. The molecule has 0 aliphatic heterocycles. The molecule has 1 nitrogen and oxygen atoms in total. The maximum absolute atomic E-state index is 9.77. The third-order valence-corrected chi connectivity index (χ3v) is 2.19. The van der Waals surface area contributed by atoms with E-state index in [9.17, 15) is 5.11 Å². The summed E-state index contributed by atoms with van der Waals surface area (Å²) in [5.41, 5.74) is 1.28. The monoisotopic (exact) mass is 182 g/mol. The van der Waals surface area contributed by atoms with Gasteiger partial charge in [-0.1, -0.05) is 24.3 Å². The standard InChI is InChI=1S/C10H14OS/c1-10(2,11)9-6-4-3-5-8(9)7-12/h3-6,11-12H,7H2,1-2H3. The molecule has 0 heterocycles. The number of hydrogen-bond acceptors (Lipinski definition) is 2. The Kier molecular flexibility index (Phi) is 2.80. The summed E-state index contributed by atoms with van der Waals surface area (Å²) in [6.07, 6.45) is 0. The molecule has 0 saturated carbocycles. The van der Waals surface area contributed by atoms with E-state index in [1.807, 2.05) is 24.3 Å². The SMILES string of the molecule is CC(C)(O)c1ccccc1CS. The molecular formula is C10H14OS. The van der Waals surface area contributed by atoms with Gasteiger partial charge in [-0.3, -0.25) is 0 Å². The van der Waals surface area contributed by atoms with Gasteiger partial charge in [-0.05, 0) is 25.0 Å². The van der Waals surface area contributed by atoms with Crippen LogP contribution in [0.4, 0.5) is 0 Å². The quantitative estimate of drug-likeness (QED) is 0.673. The highest BCUT2D eigenvalue weighted by Gasteiger charge is 2.18. The minimum Gasteiger partial charge on any atom is -0.386 e. The minimum atomic E-state index is -0.765. The molecule has 66 valence electrons. The number of hydrogen-bond donors (Lipinski definition) is 2. The van der Waals surface area contributed by atoms with E-state index in [0.717, 1.165) is 11.1 Å². The lowest BCUT2D eigenvalue weighted by Gasteiger charge is -2.20. The van der Waals surface area contributed by atoms with Gasteiger partial charge in [-0.15, -0.1) is 0 Å². The summed E-state index contributed by atoms with van der Waals surface area (Å²) >= 11 is 4.20. The Morgan fingerprint density at radius 3 is 2.33 bits per heavy atom. The molecule has 12 heavy (non-hydrogen) atoms. The molecule has 0 aromatic heterocycles. The zero-order valence-electron chi connectivity index (χ0n) is 7.41. The van der Waals surface area contributed by atoms with Crippen molar-refractivity contribution in [1.82, 2.24) is 0 Å². The lowest BCUT2D eigenvalue weighted by Crippen LogP contribution is -2.17. The van der Waals surface area contributed by atoms with E-state index < -0.39 is 5.60 Å². The molecule has 0 bridgehead atoms. The molecular weight excluding hydrogens is 168 g/mol. The van der Waals surface area contributed by atoms with Crippen molar-refractivity contribution in [2.24, 2.45) is 0 Å². The number of benzene rings is 1. The van der Waals surface area contributed by atoms with Crippen LogP contribution in [-0.2, 0) is 11.4 Å². The molecule has 1 rings (SSSR count). The second kappa shape index (κ2) is 3.50. The highest BCUT2D eigenvalue weighted by atomic mass is 32.1. The second-order valence-corrected chi connectivity index (χ2v) is 3.69. The van der Waals surface area contributed by atoms with E-state index in [-0.39, 0.29) is 0 Å². The summed E-state index contributed by atoms with van der Waals surface area (Å²) in [6.45, 7) is 3.57. The van der Waals surface area contributed by atoms with Crippen LogP contribution in [0.15, 0.2) is 24.3 Å². The minimum absolute atomic E-state index is 0.667. The van der Waals surface area contributed by atoms with Crippen LogP contribution >= 0.6 is 12.6 Å². The topological polar surface area (TPSA) is 20.2 Å². The molecule has 0 aliphatic carbocycles. The molecule has 0 radical (unpaired) electrons. The van der Waals surface area contributed by atoms with Crippen LogP contribution in [0.2, 0.25) is 0 Å². The summed E-state index contributed by atoms with van der Waals surface area (Å²) < 4.78 is 0. The second-order valence-electron chi connectivity index (χ2n) is 3.37. The molecule has 0 aliphatic rings. The van der Waals surface area contributed by atoms with E-state index in [1.165, 1.54) is 0 Å². The summed E-state index contributed by atoms with van der Waals surface area (Å²) in [7, 11) is 0. The van der Waals surface area contributed by atoms with E-state index in [2.05, 4.69) is 12.6 Å². The van der Waals surface area contributed by atoms with Crippen molar-refractivity contribution in [3.8, 4) is 0 Å². The maximum Gasteiger partial charge on any atom is 0.0843 e. The lowest BCUT2D eigenvalue weighted by atomic mass is 9.94. The van der Waals surface area contributed by atoms with Crippen molar-refractivity contribution in [1.29, 1.82) is 0 Å².